The second-order valence-corrected chi connectivity index (χ2v) is 4.52. The average Bonchev–Trinajstić information content (AvgIpc) is 2.33. The highest BCUT2D eigenvalue weighted by molar-refractivity contribution is 5.73. The number of rotatable bonds is 4. The topological polar surface area (TPSA) is 41.3 Å². The molecule has 1 aromatic carbocycles. The predicted molar refractivity (Wildman–Crippen MR) is 73.7 cm³/mol. The van der Waals surface area contributed by atoms with E-state index in [2.05, 4.69) is 48.5 Å². The van der Waals surface area contributed by atoms with Crippen molar-refractivity contribution in [2.24, 2.45) is 5.73 Å². The highest BCUT2D eigenvalue weighted by Crippen LogP contribution is 2.28. The van der Waals surface area contributed by atoms with Gasteiger partial charge in [-0.05, 0) is 30.7 Å². The van der Waals surface area contributed by atoms with Crippen LogP contribution in [0.4, 0.5) is 5.69 Å². The minimum atomic E-state index is 0.122. The first kappa shape index (κ1) is 12.0. The zero-order valence-electron chi connectivity index (χ0n) is 10.6. The van der Waals surface area contributed by atoms with Gasteiger partial charge in [0.2, 0.25) is 0 Å². The summed E-state index contributed by atoms with van der Waals surface area (Å²) in [6.07, 6.45) is 4.57. The molecule has 1 aliphatic rings. The molecule has 1 unspecified atom stereocenters. The zero-order chi connectivity index (χ0) is 12.3. The highest BCUT2D eigenvalue weighted by Gasteiger charge is 2.22. The molecule has 0 amide bonds. The number of anilines is 1. The van der Waals surface area contributed by atoms with Crippen LogP contribution in [-0.4, -0.2) is 19.8 Å². The molecule has 1 aliphatic heterocycles. The van der Waals surface area contributed by atoms with Gasteiger partial charge in [-0.15, -0.1) is 0 Å². The maximum Gasteiger partial charge on any atom is 0.120 e. The van der Waals surface area contributed by atoms with Crippen LogP contribution in [0.5, 0.6) is 0 Å². The van der Waals surface area contributed by atoms with Gasteiger partial charge in [0.25, 0.3) is 0 Å². The van der Waals surface area contributed by atoms with E-state index < -0.39 is 0 Å². The number of fused-ring (bicyclic) bond motifs is 1. The molecule has 0 spiro atoms. The Kier molecular flexibility index (Phi) is 3.69. The molecule has 0 aromatic heterocycles. The summed E-state index contributed by atoms with van der Waals surface area (Å²) in [5.41, 5.74) is 9.44. The molecule has 3 N–H and O–H groups in total. The molecule has 0 saturated carbocycles. The molecule has 92 valence electrons. The number of hydrogen-bond acceptors (Lipinski definition) is 3. The van der Waals surface area contributed by atoms with Crippen LogP contribution in [0.25, 0.3) is 6.08 Å². The number of hydrogen-bond donors (Lipinski definition) is 2. The van der Waals surface area contributed by atoms with E-state index in [-0.39, 0.29) is 6.17 Å². The first-order chi connectivity index (χ1) is 8.24. The quantitative estimate of drug-likeness (QED) is 0.780. The third-order valence-corrected chi connectivity index (χ3v) is 3.21. The SMILES string of the molecule is CCCCNC1C(N)=Cc2ccccc2N1C. The summed E-state index contributed by atoms with van der Waals surface area (Å²) in [6.45, 7) is 3.20. The van der Waals surface area contributed by atoms with E-state index in [1.807, 2.05) is 6.07 Å². The van der Waals surface area contributed by atoms with Crippen molar-refractivity contribution in [1.82, 2.24) is 5.32 Å². The van der Waals surface area contributed by atoms with Gasteiger partial charge in [-0.3, -0.25) is 5.32 Å². The molecule has 3 nitrogen and oxygen atoms in total. The van der Waals surface area contributed by atoms with Crippen LogP contribution in [0.1, 0.15) is 25.3 Å². The number of unbranched alkanes of at least 4 members (excludes halogenated alkanes) is 1. The van der Waals surface area contributed by atoms with Crippen molar-refractivity contribution >= 4 is 11.8 Å². The van der Waals surface area contributed by atoms with Gasteiger partial charge in [-0.1, -0.05) is 31.5 Å². The number of nitrogens with zero attached hydrogens (tertiary/aromatic N) is 1. The lowest BCUT2D eigenvalue weighted by molar-refractivity contribution is 0.539. The predicted octanol–water partition coefficient (Wildman–Crippen LogP) is 2.15. The van der Waals surface area contributed by atoms with Crippen molar-refractivity contribution < 1.29 is 0 Å². The van der Waals surface area contributed by atoms with E-state index in [1.54, 1.807) is 0 Å². The Morgan fingerprint density at radius 1 is 1.35 bits per heavy atom. The van der Waals surface area contributed by atoms with Crippen LogP contribution in [0.3, 0.4) is 0 Å². The normalized spacial score (nSPS) is 18.8. The third-order valence-electron chi connectivity index (χ3n) is 3.21. The van der Waals surface area contributed by atoms with Crippen molar-refractivity contribution in [3.63, 3.8) is 0 Å². The summed E-state index contributed by atoms with van der Waals surface area (Å²) < 4.78 is 0. The fourth-order valence-corrected chi connectivity index (χ4v) is 2.22. The largest absolute Gasteiger partial charge is 0.399 e. The molecule has 1 heterocycles. The Balaban J connectivity index is 2.17. The Bertz CT molecular complexity index is 412. The van der Waals surface area contributed by atoms with Crippen molar-refractivity contribution in [3.8, 4) is 0 Å². The standard InChI is InChI=1S/C14H21N3/c1-3-4-9-16-14-12(15)10-11-7-5-6-8-13(11)17(14)2/h5-8,10,14,16H,3-4,9,15H2,1-2H3. The number of nitrogens with two attached hydrogens (primary N) is 1. The Hall–Kier alpha value is -1.48. The van der Waals surface area contributed by atoms with Crippen LogP contribution < -0.4 is 16.0 Å². The Morgan fingerprint density at radius 3 is 2.88 bits per heavy atom. The van der Waals surface area contributed by atoms with Gasteiger partial charge in [-0.2, -0.15) is 0 Å². The Morgan fingerprint density at radius 2 is 2.12 bits per heavy atom. The van der Waals surface area contributed by atoms with Gasteiger partial charge in [0.05, 0.1) is 0 Å². The molecule has 1 atom stereocenters. The molecule has 2 rings (SSSR count). The lowest BCUT2D eigenvalue weighted by atomic mass is 10.0. The summed E-state index contributed by atoms with van der Waals surface area (Å²) in [5.74, 6) is 0. The summed E-state index contributed by atoms with van der Waals surface area (Å²) in [7, 11) is 2.09. The van der Waals surface area contributed by atoms with E-state index in [0.717, 1.165) is 12.2 Å². The second kappa shape index (κ2) is 5.23. The number of para-hydroxylation sites is 1. The highest BCUT2D eigenvalue weighted by atomic mass is 15.3. The number of nitrogens with one attached hydrogen (secondary N) is 1. The maximum absolute atomic E-state index is 6.12. The van der Waals surface area contributed by atoms with E-state index >= 15 is 0 Å². The van der Waals surface area contributed by atoms with Crippen LogP contribution in [0.2, 0.25) is 0 Å². The zero-order valence-corrected chi connectivity index (χ0v) is 10.6. The van der Waals surface area contributed by atoms with Gasteiger partial charge in [0.1, 0.15) is 6.17 Å². The summed E-state index contributed by atoms with van der Waals surface area (Å²) in [6, 6.07) is 8.34. The van der Waals surface area contributed by atoms with E-state index in [4.69, 9.17) is 5.73 Å². The molecule has 0 bridgehead atoms. The van der Waals surface area contributed by atoms with E-state index in [9.17, 15) is 0 Å². The smallest absolute Gasteiger partial charge is 0.120 e. The van der Waals surface area contributed by atoms with Gasteiger partial charge >= 0.3 is 0 Å². The molecule has 3 heteroatoms. The van der Waals surface area contributed by atoms with E-state index in [1.165, 1.54) is 24.1 Å². The van der Waals surface area contributed by atoms with Gasteiger partial charge < -0.3 is 10.6 Å². The monoisotopic (exact) mass is 231 g/mol. The summed E-state index contributed by atoms with van der Waals surface area (Å²) in [5, 5.41) is 3.50. The maximum atomic E-state index is 6.12. The first-order valence-corrected chi connectivity index (χ1v) is 6.26. The molecule has 1 aromatic rings. The second-order valence-electron chi connectivity index (χ2n) is 4.52. The van der Waals surface area contributed by atoms with Crippen molar-refractivity contribution in [2.45, 2.75) is 25.9 Å². The van der Waals surface area contributed by atoms with Crippen LogP contribution in [0, 0.1) is 0 Å². The molecule has 0 saturated heterocycles. The molecule has 0 radical (unpaired) electrons. The van der Waals surface area contributed by atoms with Crippen molar-refractivity contribution in [1.29, 1.82) is 0 Å². The summed E-state index contributed by atoms with van der Waals surface area (Å²) >= 11 is 0. The number of likely N-dealkylation sites (N-methyl/N-ethyl adjacent to an activating group) is 1. The average molecular weight is 231 g/mol. The lowest BCUT2D eigenvalue weighted by Gasteiger charge is -2.35. The van der Waals surface area contributed by atoms with Crippen molar-refractivity contribution in [2.75, 3.05) is 18.5 Å². The van der Waals surface area contributed by atoms with E-state index in [0.29, 0.717) is 0 Å². The minimum Gasteiger partial charge on any atom is -0.399 e. The number of benzene rings is 1. The van der Waals surface area contributed by atoms with Gasteiger partial charge in [0.15, 0.2) is 0 Å². The first-order valence-electron chi connectivity index (χ1n) is 6.26. The molecule has 0 aliphatic carbocycles. The molecular weight excluding hydrogens is 210 g/mol. The Labute approximate surface area is 103 Å². The van der Waals surface area contributed by atoms with Gasteiger partial charge in [-0.25, -0.2) is 0 Å². The lowest BCUT2D eigenvalue weighted by Crippen LogP contribution is -2.49. The van der Waals surface area contributed by atoms with Gasteiger partial charge in [0, 0.05) is 18.4 Å². The van der Waals surface area contributed by atoms with Crippen LogP contribution >= 0.6 is 0 Å². The molecule has 17 heavy (non-hydrogen) atoms. The fraction of sp³-hybridized carbons (Fsp3) is 0.429. The molecular formula is C14H21N3. The molecule has 0 fully saturated rings. The minimum absolute atomic E-state index is 0.122. The summed E-state index contributed by atoms with van der Waals surface area (Å²) in [4.78, 5) is 2.21. The van der Waals surface area contributed by atoms with Crippen LogP contribution in [-0.2, 0) is 0 Å². The third kappa shape index (κ3) is 2.44. The van der Waals surface area contributed by atoms with Crippen molar-refractivity contribution in [3.05, 3.63) is 35.5 Å². The van der Waals surface area contributed by atoms with Crippen LogP contribution in [0.15, 0.2) is 30.0 Å². The fourth-order valence-electron chi connectivity index (χ4n) is 2.22.